The molecule has 1 saturated heterocycles. The summed E-state index contributed by atoms with van der Waals surface area (Å²) >= 11 is 0. The highest BCUT2D eigenvalue weighted by Crippen LogP contribution is 2.21. The number of aromatic nitrogens is 6. The summed E-state index contributed by atoms with van der Waals surface area (Å²) in [6.07, 6.45) is 3.73. The van der Waals surface area contributed by atoms with Gasteiger partial charge in [0.25, 0.3) is 5.91 Å². The van der Waals surface area contributed by atoms with Crippen LogP contribution in [0.15, 0.2) is 18.5 Å². The number of carbonyl (C=O) groups excluding carboxylic acids is 1. The number of hydrogen-bond acceptors (Lipinski definition) is 7. The van der Waals surface area contributed by atoms with E-state index in [1.165, 1.54) is 10.2 Å². The lowest BCUT2D eigenvalue weighted by Crippen LogP contribution is -2.48. The first-order chi connectivity index (χ1) is 15.2. The molecule has 0 atom stereocenters. The summed E-state index contributed by atoms with van der Waals surface area (Å²) in [5.74, 6) is -0.111. The fourth-order valence-electron chi connectivity index (χ4n) is 4.10. The van der Waals surface area contributed by atoms with E-state index in [0.29, 0.717) is 30.2 Å². The van der Waals surface area contributed by atoms with Crippen LogP contribution < -0.4 is 0 Å². The molecule has 1 amide bonds. The second kappa shape index (κ2) is 8.54. The smallest absolute Gasteiger partial charge is 0.312 e. The molecule has 1 aliphatic rings. The van der Waals surface area contributed by atoms with Crippen LogP contribution in [0.5, 0.6) is 0 Å². The van der Waals surface area contributed by atoms with Gasteiger partial charge in [-0.3, -0.25) is 29.2 Å². The Bertz CT molecular complexity index is 1150. The van der Waals surface area contributed by atoms with Gasteiger partial charge in [0.1, 0.15) is 23.8 Å². The van der Waals surface area contributed by atoms with Gasteiger partial charge in [-0.1, -0.05) is 0 Å². The van der Waals surface area contributed by atoms with Crippen molar-refractivity contribution < 1.29 is 9.72 Å². The molecular weight excluding hydrogens is 414 g/mol. The molecule has 1 aliphatic heterocycles. The summed E-state index contributed by atoms with van der Waals surface area (Å²) in [5.41, 5.74) is 3.41. The minimum Gasteiger partial charge on any atom is -0.335 e. The van der Waals surface area contributed by atoms with Crippen LogP contribution in [0.2, 0.25) is 0 Å². The first-order valence-corrected chi connectivity index (χ1v) is 10.5. The second-order valence-corrected chi connectivity index (χ2v) is 8.14. The summed E-state index contributed by atoms with van der Waals surface area (Å²) in [7, 11) is 1.92. The quantitative estimate of drug-likeness (QED) is 0.415. The van der Waals surface area contributed by atoms with E-state index in [-0.39, 0.29) is 18.3 Å². The second-order valence-electron chi connectivity index (χ2n) is 8.14. The molecule has 0 unspecified atom stereocenters. The maximum atomic E-state index is 12.9. The third kappa shape index (κ3) is 4.26. The van der Waals surface area contributed by atoms with E-state index < -0.39 is 4.92 Å². The Labute approximate surface area is 185 Å². The highest BCUT2D eigenvalue weighted by Gasteiger charge is 2.25. The number of piperazine rings is 1. The topological polar surface area (TPSA) is 120 Å². The van der Waals surface area contributed by atoms with Crippen LogP contribution in [0.25, 0.3) is 0 Å². The van der Waals surface area contributed by atoms with E-state index in [9.17, 15) is 14.9 Å². The van der Waals surface area contributed by atoms with Crippen molar-refractivity contribution in [2.45, 2.75) is 34.0 Å². The highest BCUT2D eigenvalue weighted by molar-refractivity contribution is 5.92. The summed E-state index contributed by atoms with van der Waals surface area (Å²) in [5, 5.41) is 24.2. The van der Waals surface area contributed by atoms with Crippen molar-refractivity contribution in [3.05, 3.63) is 56.9 Å². The average molecular weight is 441 g/mol. The van der Waals surface area contributed by atoms with E-state index in [4.69, 9.17) is 0 Å². The predicted octanol–water partition coefficient (Wildman–Crippen LogP) is 1.11. The van der Waals surface area contributed by atoms with Crippen molar-refractivity contribution in [2.24, 2.45) is 7.05 Å². The van der Waals surface area contributed by atoms with Gasteiger partial charge in [-0.05, 0) is 26.8 Å². The van der Waals surface area contributed by atoms with Crippen LogP contribution in [0.1, 0.15) is 33.1 Å². The molecule has 170 valence electrons. The summed E-state index contributed by atoms with van der Waals surface area (Å²) < 4.78 is 4.91. The number of aryl methyl sites for hydroxylation is 3. The molecule has 0 radical (unpaired) electrons. The van der Waals surface area contributed by atoms with Crippen LogP contribution in [0.4, 0.5) is 5.69 Å². The molecule has 1 fully saturated rings. The normalized spacial score (nSPS) is 14.8. The molecule has 0 spiro atoms. The van der Waals surface area contributed by atoms with Crippen LogP contribution in [0.3, 0.4) is 0 Å². The molecule has 0 aliphatic carbocycles. The standard InChI is InChI=1S/C20H27N9O3/c1-14-17(11-24(4)21-14)12-25-7-9-26(10-8-25)20(30)18-5-6-27(23-18)13-28-16(3)19(29(31)32)15(2)22-28/h5-6,11H,7-10,12-13H2,1-4H3. The van der Waals surface area contributed by atoms with Crippen molar-refractivity contribution in [1.82, 2.24) is 39.1 Å². The lowest BCUT2D eigenvalue weighted by molar-refractivity contribution is -0.386. The molecule has 12 heteroatoms. The molecule has 4 heterocycles. The minimum atomic E-state index is -0.429. The number of amides is 1. The molecule has 3 aromatic rings. The van der Waals surface area contributed by atoms with Crippen LogP contribution in [-0.2, 0) is 20.3 Å². The van der Waals surface area contributed by atoms with E-state index in [0.717, 1.165) is 25.3 Å². The number of rotatable bonds is 6. The van der Waals surface area contributed by atoms with Gasteiger partial charge >= 0.3 is 5.69 Å². The van der Waals surface area contributed by atoms with E-state index >= 15 is 0 Å². The molecule has 0 aromatic carbocycles. The van der Waals surface area contributed by atoms with Gasteiger partial charge in [0, 0.05) is 57.7 Å². The Morgan fingerprint density at radius 3 is 2.41 bits per heavy atom. The molecule has 0 saturated carbocycles. The van der Waals surface area contributed by atoms with Crippen LogP contribution in [0, 0.1) is 30.9 Å². The Hall–Kier alpha value is -3.54. The highest BCUT2D eigenvalue weighted by atomic mass is 16.6. The van der Waals surface area contributed by atoms with Crippen molar-refractivity contribution in [1.29, 1.82) is 0 Å². The predicted molar refractivity (Wildman–Crippen MR) is 115 cm³/mol. The van der Waals surface area contributed by atoms with Crippen molar-refractivity contribution >= 4 is 11.6 Å². The average Bonchev–Trinajstić information content (AvgIpc) is 3.40. The maximum absolute atomic E-state index is 12.9. The Morgan fingerprint density at radius 2 is 1.81 bits per heavy atom. The summed E-state index contributed by atoms with van der Waals surface area (Å²) in [6.45, 7) is 9.14. The lowest BCUT2D eigenvalue weighted by atomic mass is 10.2. The molecular formula is C20H27N9O3. The molecule has 32 heavy (non-hydrogen) atoms. The minimum absolute atomic E-state index is 0.00723. The van der Waals surface area contributed by atoms with Crippen molar-refractivity contribution in [2.75, 3.05) is 26.2 Å². The zero-order chi connectivity index (χ0) is 23.0. The van der Waals surface area contributed by atoms with E-state index in [1.54, 1.807) is 30.8 Å². The maximum Gasteiger partial charge on any atom is 0.312 e. The monoisotopic (exact) mass is 441 g/mol. The Kier molecular flexibility index (Phi) is 5.78. The zero-order valence-electron chi connectivity index (χ0n) is 18.7. The Balaban J connectivity index is 1.36. The van der Waals surface area contributed by atoms with Crippen molar-refractivity contribution in [3.8, 4) is 0 Å². The summed E-state index contributed by atoms with van der Waals surface area (Å²) in [6, 6.07) is 1.67. The fourth-order valence-corrected chi connectivity index (χ4v) is 4.10. The third-order valence-corrected chi connectivity index (χ3v) is 5.83. The number of carbonyl (C=O) groups is 1. The van der Waals surface area contributed by atoms with Gasteiger partial charge in [0.2, 0.25) is 0 Å². The SMILES string of the molecule is Cc1nn(C)cc1CN1CCN(C(=O)c2ccn(Cn3nc(C)c([N+](=O)[O-])c3C)n2)CC1. The molecule has 3 aromatic heterocycles. The number of hydrogen-bond donors (Lipinski definition) is 0. The summed E-state index contributed by atoms with van der Waals surface area (Å²) in [4.78, 5) is 27.8. The lowest BCUT2D eigenvalue weighted by Gasteiger charge is -2.34. The van der Waals surface area contributed by atoms with Gasteiger partial charge in [-0.25, -0.2) is 4.68 Å². The number of nitro groups is 1. The first-order valence-electron chi connectivity index (χ1n) is 10.5. The fraction of sp³-hybridized carbons (Fsp3) is 0.500. The van der Waals surface area contributed by atoms with Gasteiger partial charge in [0.05, 0.1) is 10.6 Å². The third-order valence-electron chi connectivity index (χ3n) is 5.83. The molecule has 0 bridgehead atoms. The van der Waals surface area contributed by atoms with Crippen molar-refractivity contribution in [3.63, 3.8) is 0 Å². The number of nitrogens with zero attached hydrogens (tertiary/aromatic N) is 9. The molecule has 0 N–H and O–H groups in total. The van der Waals surface area contributed by atoms with Gasteiger partial charge in [0.15, 0.2) is 0 Å². The largest absolute Gasteiger partial charge is 0.335 e. The van der Waals surface area contributed by atoms with E-state index in [1.807, 2.05) is 29.7 Å². The van der Waals surface area contributed by atoms with Gasteiger partial charge in [-0.15, -0.1) is 0 Å². The molecule has 4 rings (SSSR count). The van der Waals surface area contributed by atoms with Gasteiger partial charge in [-0.2, -0.15) is 15.3 Å². The zero-order valence-corrected chi connectivity index (χ0v) is 18.7. The van der Waals surface area contributed by atoms with Gasteiger partial charge < -0.3 is 4.90 Å². The molecule has 12 nitrogen and oxygen atoms in total. The first kappa shape index (κ1) is 21.7. The van der Waals surface area contributed by atoms with E-state index in [2.05, 4.69) is 20.2 Å². The van der Waals surface area contributed by atoms with Crippen LogP contribution >= 0.6 is 0 Å². The van der Waals surface area contributed by atoms with Crippen LogP contribution in [-0.4, -0.2) is 76.2 Å². The Morgan fingerprint density at radius 1 is 1.09 bits per heavy atom.